The maximum absolute atomic E-state index is 4.67. The predicted molar refractivity (Wildman–Crippen MR) is 79.5 cm³/mol. The van der Waals surface area contributed by atoms with Gasteiger partial charge in [-0.15, -0.1) is 0 Å². The van der Waals surface area contributed by atoms with E-state index in [1.807, 2.05) is 6.07 Å². The van der Waals surface area contributed by atoms with Gasteiger partial charge in [0.1, 0.15) is 0 Å². The van der Waals surface area contributed by atoms with Gasteiger partial charge >= 0.3 is 0 Å². The highest BCUT2D eigenvalue weighted by Gasteiger charge is 2.11. The normalized spacial score (nSPS) is 10.9. The molecule has 2 aromatic rings. The molecule has 0 fully saturated rings. The molecule has 0 aliphatic heterocycles. The quantitative estimate of drug-likeness (QED) is 0.806. The number of hydrogen-bond donors (Lipinski definition) is 1. The Balaban J connectivity index is 2.12. The van der Waals surface area contributed by atoms with E-state index >= 15 is 0 Å². The first-order chi connectivity index (χ1) is 9.22. The Morgan fingerprint density at radius 1 is 1.16 bits per heavy atom. The molecular weight excluding hydrogens is 234 g/mol. The van der Waals surface area contributed by atoms with Crippen LogP contribution in [0.5, 0.6) is 0 Å². The number of benzene rings is 1. The minimum atomic E-state index is 0.856. The van der Waals surface area contributed by atoms with Crippen molar-refractivity contribution in [1.29, 1.82) is 0 Å². The summed E-state index contributed by atoms with van der Waals surface area (Å²) in [6.07, 6.45) is 1.06. The molecule has 0 radical (unpaired) electrons. The van der Waals surface area contributed by atoms with Gasteiger partial charge < -0.3 is 5.32 Å². The van der Waals surface area contributed by atoms with Gasteiger partial charge in [-0.05, 0) is 44.5 Å². The highest BCUT2D eigenvalue weighted by Crippen LogP contribution is 2.15. The zero-order valence-electron chi connectivity index (χ0n) is 12.1. The van der Waals surface area contributed by atoms with Gasteiger partial charge in [0, 0.05) is 5.69 Å². The van der Waals surface area contributed by atoms with E-state index < -0.39 is 0 Å². The Morgan fingerprint density at radius 3 is 2.58 bits per heavy atom. The van der Waals surface area contributed by atoms with E-state index in [1.54, 1.807) is 0 Å². The van der Waals surface area contributed by atoms with Crippen molar-refractivity contribution in [2.24, 2.45) is 0 Å². The molecule has 0 aliphatic carbocycles. The summed E-state index contributed by atoms with van der Waals surface area (Å²) in [7, 11) is 0. The van der Waals surface area contributed by atoms with E-state index in [2.05, 4.69) is 60.1 Å². The van der Waals surface area contributed by atoms with Crippen LogP contribution in [-0.4, -0.2) is 22.9 Å². The molecule has 0 saturated heterocycles. The second-order valence-corrected chi connectivity index (χ2v) is 4.90. The lowest BCUT2D eigenvalue weighted by Gasteiger charge is -2.06. The topological polar surface area (TPSA) is 29.9 Å². The third kappa shape index (κ3) is 3.44. The molecule has 1 N–H and O–H groups in total. The van der Waals surface area contributed by atoms with Crippen LogP contribution >= 0.6 is 0 Å². The molecule has 1 aromatic heterocycles. The van der Waals surface area contributed by atoms with E-state index in [4.69, 9.17) is 0 Å². The number of rotatable bonds is 6. The number of nitrogens with zero attached hydrogens (tertiary/aromatic N) is 2. The second-order valence-electron chi connectivity index (χ2n) is 4.90. The van der Waals surface area contributed by atoms with E-state index in [0.717, 1.165) is 31.7 Å². The van der Waals surface area contributed by atoms with Crippen molar-refractivity contribution in [2.45, 2.75) is 33.7 Å². The third-order valence-electron chi connectivity index (χ3n) is 3.51. The Labute approximate surface area is 115 Å². The fourth-order valence-electron chi connectivity index (χ4n) is 2.40. The summed E-state index contributed by atoms with van der Waals surface area (Å²) in [6, 6.07) is 10.5. The molecule has 3 nitrogen and oxygen atoms in total. The second kappa shape index (κ2) is 6.53. The van der Waals surface area contributed by atoms with Gasteiger partial charge in [0.2, 0.25) is 0 Å². The number of aryl methyl sites for hydroxylation is 1. The van der Waals surface area contributed by atoms with Crippen molar-refractivity contribution in [2.75, 3.05) is 13.1 Å². The molecule has 0 atom stereocenters. The van der Waals surface area contributed by atoms with Crippen LogP contribution in [0, 0.1) is 13.8 Å². The zero-order valence-corrected chi connectivity index (χ0v) is 12.1. The summed E-state index contributed by atoms with van der Waals surface area (Å²) in [6.45, 7) is 9.32. The van der Waals surface area contributed by atoms with Crippen LogP contribution in [0.4, 0.5) is 0 Å². The molecule has 19 heavy (non-hydrogen) atoms. The van der Waals surface area contributed by atoms with Gasteiger partial charge in [0.25, 0.3) is 0 Å². The highest BCUT2D eigenvalue weighted by atomic mass is 15.3. The van der Waals surface area contributed by atoms with Crippen LogP contribution in [0.15, 0.2) is 30.3 Å². The van der Waals surface area contributed by atoms with Crippen molar-refractivity contribution >= 4 is 0 Å². The van der Waals surface area contributed by atoms with Gasteiger partial charge in [0.15, 0.2) is 0 Å². The SMILES string of the molecule is CCNCCc1c(C)nn(Cc2ccccc2)c1C. The third-order valence-corrected chi connectivity index (χ3v) is 3.51. The minimum absolute atomic E-state index is 0.856. The average Bonchev–Trinajstić information content (AvgIpc) is 2.68. The zero-order chi connectivity index (χ0) is 13.7. The maximum Gasteiger partial charge on any atom is 0.0662 e. The molecule has 102 valence electrons. The summed E-state index contributed by atoms with van der Waals surface area (Å²) < 4.78 is 2.12. The number of hydrogen-bond acceptors (Lipinski definition) is 2. The van der Waals surface area contributed by atoms with Crippen LogP contribution in [0.3, 0.4) is 0 Å². The fourth-order valence-corrected chi connectivity index (χ4v) is 2.40. The Kier molecular flexibility index (Phi) is 4.74. The molecule has 0 amide bonds. The summed E-state index contributed by atoms with van der Waals surface area (Å²) in [5.74, 6) is 0. The molecule has 2 rings (SSSR count). The van der Waals surface area contributed by atoms with Crippen molar-refractivity contribution in [3.8, 4) is 0 Å². The fraction of sp³-hybridized carbons (Fsp3) is 0.438. The molecule has 0 unspecified atom stereocenters. The lowest BCUT2D eigenvalue weighted by molar-refractivity contribution is 0.656. The molecule has 0 spiro atoms. The first-order valence-corrected chi connectivity index (χ1v) is 7.00. The monoisotopic (exact) mass is 257 g/mol. The van der Waals surface area contributed by atoms with Crippen molar-refractivity contribution in [3.05, 3.63) is 52.8 Å². The van der Waals surface area contributed by atoms with E-state index in [-0.39, 0.29) is 0 Å². The maximum atomic E-state index is 4.67. The first kappa shape index (κ1) is 13.8. The summed E-state index contributed by atoms with van der Waals surface area (Å²) in [5.41, 5.74) is 5.13. The number of aromatic nitrogens is 2. The molecule has 1 aromatic carbocycles. The lowest BCUT2D eigenvalue weighted by atomic mass is 10.1. The number of nitrogens with one attached hydrogen (secondary N) is 1. The van der Waals surface area contributed by atoms with Crippen LogP contribution in [0.25, 0.3) is 0 Å². The standard InChI is InChI=1S/C16H23N3/c1-4-17-11-10-16-13(2)18-19(14(16)3)12-15-8-6-5-7-9-15/h5-9,17H,4,10-12H2,1-3H3. The molecular formula is C16H23N3. The minimum Gasteiger partial charge on any atom is -0.317 e. The highest BCUT2D eigenvalue weighted by molar-refractivity contribution is 5.26. The van der Waals surface area contributed by atoms with Crippen molar-refractivity contribution < 1.29 is 0 Å². The van der Waals surface area contributed by atoms with Gasteiger partial charge in [-0.2, -0.15) is 5.10 Å². The van der Waals surface area contributed by atoms with Crippen LogP contribution in [0.1, 0.15) is 29.4 Å². The van der Waals surface area contributed by atoms with Gasteiger partial charge in [-0.25, -0.2) is 0 Å². The first-order valence-electron chi connectivity index (χ1n) is 7.00. The van der Waals surface area contributed by atoms with Gasteiger partial charge in [0.05, 0.1) is 12.2 Å². The summed E-state index contributed by atoms with van der Waals surface area (Å²) in [5, 5.41) is 8.05. The summed E-state index contributed by atoms with van der Waals surface area (Å²) >= 11 is 0. The number of likely N-dealkylation sites (N-methyl/N-ethyl adjacent to an activating group) is 1. The smallest absolute Gasteiger partial charge is 0.0662 e. The van der Waals surface area contributed by atoms with Crippen molar-refractivity contribution in [3.63, 3.8) is 0 Å². The predicted octanol–water partition coefficient (Wildman–Crippen LogP) is 2.70. The van der Waals surface area contributed by atoms with Crippen LogP contribution in [-0.2, 0) is 13.0 Å². The van der Waals surface area contributed by atoms with Crippen LogP contribution in [0.2, 0.25) is 0 Å². The molecule has 0 aliphatic rings. The molecule has 0 bridgehead atoms. The van der Waals surface area contributed by atoms with E-state index in [1.165, 1.54) is 16.8 Å². The lowest BCUT2D eigenvalue weighted by Crippen LogP contribution is -2.16. The molecule has 0 saturated carbocycles. The molecule has 3 heteroatoms. The van der Waals surface area contributed by atoms with E-state index in [9.17, 15) is 0 Å². The van der Waals surface area contributed by atoms with E-state index in [0.29, 0.717) is 0 Å². The average molecular weight is 257 g/mol. The van der Waals surface area contributed by atoms with Crippen LogP contribution < -0.4 is 5.32 Å². The Hall–Kier alpha value is -1.61. The van der Waals surface area contributed by atoms with Crippen molar-refractivity contribution in [1.82, 2.24) is 15.1 Å². The Bertz CT molecular complexity index is 514. The largest absolute Gasteiger partial charge is 0.317 e. The van der Waals surface area contributed by atoms with Gasteiger partial charge in [-0.3, -0.25) is 4.68 Å². The van der Waals surface area contributed by atoms with Gasteiger partial charge in [-0.1, -0.05) is 37.3 Å². The molecule has 1 heterocycles. The summed E-state index contributed by atoms with van der Waals surface area (Å²) in [4.78, 5) is 0. The Morgan fingerprint density at radius 2 is 1.89 bits per heavy atom.